The fraction of sp³-hybridized carbons (Fsp3) is 0.923. The number of hydrogen-bond acceptors (Lipinski definition) is 3. The summed E-state index contributed by atoms with van der Waals surface area (Å²) in [7, 11) is 0. The maximum atomic E-state index is 12.2. The summed E-state index contributed by atoms with van der Waals surface area (Å²) in [5.74, 6) is 1.08. The Balaban J connectivity index is 1.76. The zero-order chi connectivity index (χ0) is 12.1. The summed E-state index contributed by atoms with van der Waals surface area (Å²) >= 11 is 0. The van der Waals surface area contributed by atoms with Crippen LogP contribution in [0.2, 0.25) is 0 Å². The van der Waals surface area contributed by atoms with Crippen molar-refractivity contribution in [3.63, 3.8) is 0 Å². The van der Waals surface area contributed by atoms with Crippen molar-refractivity contribution in [3.05, 3.63) is 0 Å². The summed E-state index contributed by atoms with van der Waals surface area (Å²) in [6, 6.07) is 0. The van der Waals surface area contributed by atoms with E-state index in [0.29, 0.717) is 12.5 Å². The highest BCUT2D eigenvalue weighted by Gasteiger charge is 2.26. The molecule has 2 aliphatic heterocycles. The Morgan fingerprint density at radius 2 is 2.18 bits per heavy atom. The predicted molar refractivity (Wildman–Crippen MR) is 68.9 cm³/mol. The number of hydrogen-bond donors (Lipinski definition) is 1. The molecule has 0 aromatic rings. The average Bonchev–Trinajstić information content (AvgIpc) is 2.68. The minimum atomic E-state index is 0.336. The minimum Gasteiger partial charge on any atom is -0.341 e. The fourth-order valence-electron chi connectivity index (χ4n) is 2.74. The van der Waals surface area contributed by atoms with Gasteiger partial charge in [-0.3, -0.25) is 9.69 Å². The smallest absolute Gasteiger partial charge is 0.236 e. The largest absolute Gasteiger partial charge is 0.341 e. The van der Waals surface area contributed by atoms with Crippen molar-refractivity contribution < 1.29 is 4.79 Å². The van der Waals surface area contributed by atoms with Crippen molar-refractivity contribution in [3.8, 4) is 0 Å². The van der Waals surface area contributed by atoms with Crippen LogP contribution in [0.1, 0.15) is 26.2 Å². The molecule has 0 aromatic heterocycles. The van der Waals surface area contributed by atoms with Crippen molar-refractivity contribution in [2.75, 3.05) is 45.8 Å². The van der Waals surface area contributed by atoms with Crippen LogP contribution in [0.25, 0.3) is 0 Å². The second-order valence-electron chi connectivity index (χ2n) is 5.28. The third-order valence-electron chi connectivity index (χ3n) is 4.01. The Kier molecular flexibility index (Phi) is 4.80. The van der Waals surface area contributed by atoms with Crippen LogP contribution in [0.5, 0.6) is 0 Å². The Bertz CT molecular complexity index is 249. The molecule has 2 aliphatic rings. The van der Waals surface area contributed by atoms with Crippen LogP contribution in [0.4, 0.5) is 0 Å². The molecule has 1 amide bonds. The maximum absolute atomic E-state index is 12.2. The maximum Gasteiger partial charge on any atom is 0.236 e. The Morgan fingerprint density at radius 3 is 2.94 bits per heavy atom. The first-order valence-electron chi connectivity index (χ1n) is 7.00. The Morgan fingerprint density at radius 1 is 1.29 bits per heavy atom. The molecule has 1 unspecified atom stereocenters. The van der Waals surface area contributed by atoms with Crippen LogP contribution >= 0.6 is 0 Å². The first-order valence-corrected chi connectivity index (χ1v) is 7.00. The van der Waals surface area contributed by atoms with Gasteiger partial charge in [0.2, 0.25) is 5.91 Å². The lowest BCUT2D eigenvalue weighted by Crippen LogP contribution is -2.40. The van der Waals surface area contributed by atoms with Crippen LogP contribution < -0.4 is 5.32 Å². The topological polar surface area (TPSA) is 35.6 Å². The molecule has 4 heteroatoms. The van der Waals surface area contributed by atoms with Crippen molar-refractivity contribution in [1.82, 2.24) is 15.1 Å². The molecule has 2 rings (SSSR count). The van der Waals surface area contributed by atoms with E-state index in [1.165, 1.54) is 12.8 Å². The van der Waals surface area contributed by atoms with E-state index >= 15 is 0 Å². The van der Waals surface area contributed by atoms with E-state index in [0.717, 1.165) is 51.6 Å². The first kappa shape index (κ1) is 12.8. The zero-order valence-electron chi connectivity index (χ0n) is 11.0. The van der Waals surface area contributed by atoms with Gasteiger partial charge in [0, 0.05) is 26.2 Å². The molecule has 4 nitrogen and oxygen atoms in total. The molecule has 2 heterocycles. The SMILES string of the molecule is CCC1CCN(C(=O)CN2CCCNCC2)C1. The van der Waals surface area contributed by atoms with E-state index in [4.69, 9.17) is 0 Å². The molecule has 0 saturated carbocycles. The summed E-state index contributed by atoms with van der Waals surface area (Å²) in [4.78, 5) is 16.5. The molecule has 2 fully saturated rings. The van der Waals surface area contributed by atoms with E-state index in [1.54, 1.807) is 0 Å². The van der Waals surface area contributed by atoms with Crippen molar-refractivity contribution in [1.29, 1.82) is 0 Å². The predicted octanol–water partition coefficient (Wildman–Crippen LogP) is 0.540. The van der Waals surface area contributed by atoms with Crippen LogP contribution in [0, 0.1) is 5.92 Å². The zero-order valence-corrected chi connectivity index (χ0v) is 11.0. The standard InChI is InChI=1S/C13H25N3O/c1-2-12-4-8-16(10-12)13(17)11-15-7-3-5-14-6-9-15/h12,14H,2-11H2,1H3. The average molecular weight is 239 g/mol. The number of nitrogens with zero attached hydrogens (tertiary/aromatic N) is 2. The van der Waals surface area contributed by atoms with Gasteiger partial charge < -0.3 is 10.2 Å². The fourth-order valence-corrected chi connectivity index (χ4v) is 2.74. The lowest BCUT2D eigenvalue weighted by atomic mass is 10.1. The summed E-state index contributed by atoms with van der Waals surface area (Å²) in [5, 5.41) is 3.37. The van der Waals surface area contributed by atoms with Crippen LogP contribution in [0.15, 0.2) is 0 Å². The molecule has 0 bridgehead atoms. The van der Waals surface area contributed by atoms with E-state index in [-0.39, 0.29) is 0 Å². The second-order valence-corrected chi connectivity index (χ2v) is 5.28. The van der Waals surface area contributed by atoms with Crippen LogP contribution in [-0.2, 0) is 4.79 Å². The third-order valence-corrected chi connectivity index (χ3v) is 4.01. The number of carbonyl (C=O) groups excluding carboxylic acids is 1. The highest BCUT2D eigenvalue weighted by molar-refractivity contribution is 5.78. The van der Waals surface area contributed by atoms with Gasteiger partial charge in [0.1, 0.15) is 0 Å². The van der Waals surface area contributed by atoms with Crippen LogP contribution in [0.3, 0.4) is 0 Å². The van der Waals surface area contributed by atoms with Crippen molar-refractivity contribution in [2.45, 2.75) is 26.2 Å². The molecule has 98 valence electrons. The lowest BCUT2D eigenvalue weighted by Gasteiger charge is -2.23. The van der Waals surface area contributed by atoms with Gasteiger partial charge in [-0.2, -0.15) is 0 Å². The minimum absolute atomic E-state index is 0.336. The summed E-state index contributed by atoms with van der Waals surface area (Å²) in [6.45, 7) is 8.99. The van der Waals surface area contributed by atoms with Gasteiger partial charge in [-0.15, -0.1) is 0 Å². The van der Waals surface area contributed by atoms with Gasteiger partial charge in [0.05, 0.1) is 6.54 Å². The summed E-state index contributed by atoms with van der Waals surface area (Å²) in [6.07, 6.45) is 3.56. The van der Waals surface area contributed by atoms with E-state index < -0.39 is 0 Å². The molecule has 0 aliphatic carbocycles. The molecular formula is C13H25N3O. The highest BCUT2D eigenvalue weighted by atomic mass is 16.2. The van der Waals surface area contributed by atoms with E-state index in [1.807, 2.05) is 0 Å². The van der Waals surface area contributed by atoms with Crippen LogP contribution in [-0.4, -0.2) is 61.5 Å². The number of nitrogens with one attached hydrogen (secondary N) is 1. The number of amides is 1. The second kappa shape index (κ2) is 6.36. The third kappa shape index (κ3) is 3.68. The molecule has 0 aromatic carbocycles. The van der Waals surface area contributed by atoms with E-state index in [2.05, 4.69) is 22.0 Å². The molecule has 2 saturated heterocycles. The number of rotatable bonds is 3. The van der Waals surface area contributed by atoms with Gasteiger partial charge in [-0.1, -0.05) is 13.3 Å². The Labute approximate surface area is 104 Å². The van der Waals surface area contributed by atoms with Gasteiger partial charge in [0.25, 0.3) is 0 Å². The summed E-state index contributed by atoms with van der Waals surface area (Å²) in [5.41, 5.74) is 0. The first-order chi connectivity index (χ1) is 8.29. The van der Waals surface area contributed by atoms with Gasteiger partial charge in [0.15, 0.2) is 0 Å². The molecule has 1 atom stereocenters. The molecule has 0 spiro atoms. The van der Waals surface area contributed by atoms with Crippen molar-refractivity contribution in [2.24, 2.45) is 5.92 Å². The summed E-state index contributed by atoms with van der Waals surface area (Å²) < 4.78 is 0. The van der Waals surface area contributed by atoms with Gasteiger partial charge in [-0.05, 0) is 31.8 Å². The van der Waals surface area contributed by atoms with Gasteiger partial charge in [-0.25, -0.2) is 0 Å². The number of likely N-dealkylation sites (tertiary alicyclic amines) is 1. The quantitative estimate of drug-likeness (QED) is 0.781. The normalized spacial score (nSPS) is 27.1. The lowest BCUT2D eigenvalue weighted by molar-refractivity contribution is -0.131. The van der Waals surface area contributed by atoms with E-state index in [9.17, 15) is 4.79 Å². The molecule has 0 radical (unpaired) electrons. The molecule has 1 N–H and O–H groups in total. The Hall–Kier alpha value is -0.610. The molecule has 17 heavy (non-hydrogen) atoms. The highest BCUT2D eigenvalue weighted by Crippen LogP contribution is 2.19. The van der Waals surface area contributed by atoms with Gasteiger partial charge >= 0.3 is 0 Å². The number of carbonyl (C=O) groups is 1. The van der Waals surface area contributed by atoms with Crippen molar-refractivity contribution >= 4 is 5.91 Å². The molecular weight excluding hydrogens is 214 g/mol. The monoisotopic (exact) mass is 239 g/mol.